The molecule has 1 aliphatic heterocycles. The molecule has 35 heavy (non-hydrogen) atoms. The first-order chi connectivity index (χ1) is 17.0. The fourth-order valence-corrected chi connectivity index (χ4v) is 4.21. The third kappa shape index (κ3) is 6.93. The van der Waals surface area contributed by atoms with E-state index in [9.17, 15) is 14.0 Å². The Kier molecular flexibility index (Phi) is 8.15. The maximum absolute atomic E-state index is 13.5. The second-order valence-corrected chi connectivity index (χ2v) is 8.91. The van der Waals surface area contributed by atoms with E-state index in [0.29, 0.717) is 28.7 Å². The minimum Gasteiger partial charge on any atom is -0.371 e. The molecule has 3 N–H and O–H groups in total. The number of benzene rings is 2. The Labute approximate surface area is 208 Å². The lowest BCUT2D eigenvalue weighted by molar-refractivity contribution is -0.123. The van der Waals surface area contributed by atoms with Crippen LogP contribution in [0.5, 0.6) is 0 Å². The van der Waals surface area contributed by atoms with Crippen LogP contribution in [-0.4, -0.2) is 36.6 Å². The number of nitrogens with one attached hydrogen (secondary N) is 3. The number of nitrogens with zero attached hydrogens (tertiary/aromatic N) is 2. The number of carbonyl (C=O) groups excluding carboxylic acids is 2. The van der Waals surface area contributed by atoms with Gasteiger partial charge in [0.15, 0.2) is 0 Å². The lowest BCUT2D eigenvalue weighted by Crippen LogP contribution is -2.44. The van der Waals surface area contributed by atoms with Crippen molar-refractivity contribution in [3.8, 4) is 0 Å². The van der Waals surface area contributed by atoms with E-state index in [1.807, 2.05) is 12.1 Å². The molecule has 1 unspecified atom stereocenters. The summed E-state index contributed by atoms with van der Waals surface area (Å²) in [5.41, 5.74) is 2.17. The van der Waals surface area contributed by atoms with Crippen LogP contribution in [0.2, 0.25) is 5.02 Å². The minimum atomic E-state index is -0.972. The Bertz CT molecular complexity index is 1120. The average Bonchev–Trinajstić information content (AvgIpc) is 2.89. The van der Waals surface area contributed by atoms with Crippen molar-refractivity contribution in [3.05, 3.63) is 89.5 Å². The first-order valence-corrected chi connectivity index (χ1v) is 11.9. The Morgan fingerprint density at radius 1 is 1.00 bits per heavy atom. The smallest absolute Gasteiger partial charge is 0.320 e. The van der Waals surface area contributed by atoms with E-state index in [2.05, 4.69) is 25.8 Å². The molecule has 2 heterocycles. The Hall–Kier alpha value is -3.65. The number of rotatable bonds is 7. The van der Waals surface area contributed by atoms with Gasteiger partial charge in [-0.25, -0.2) is 9.18 Å². The van der Waals surface area contributed by atoms with Crippen molar-refractivity contribution < 1.29 is 14.0 Å². The van der Waals surface area contributed by atoms with E-state index in [-0.39, 0.29) is 5.91 Å². The predicted molar refractivity (Wildman–Crippen MR) is 135 cm³/mol. The molecular weight excluding hydrogens is 469 g/mol. The number of carbonyl (C=O) groups is 2. The zero-order valence-electron chi connectivity index (χ0n) is 19.1. The molecule has 1 atom stereocenters. The molecule has 182 valence electrons. The minimum absolute atomic E-state index is 0.328. The number of aromatic nitrogens is 1. The zero-order valence-corrected chi connectivity index (χ0v) is 19.8. The zero-order chi connectivity index (χ0) is 24.6. The molecule has 1 fully saturated rings. The summed E-state index contributed by atoms with van der Waals surface area (Å²) in [7, 11) is 0. The summed E-state index contributed by atoms with van der Waals surface area (Å²) in [5.74, 6) is -0.437. The lowest BCUT2D eigenvalue weighted by atomic mass is 9.96. The summed E-state index contributed by atoms with van der Waals surface area (Å²) >= 11 is 5.89. The number of halogens is 2. The maximum Gasteiger partial charge on any atom is 0.320 e. The number of urea groups is 1. The first kappa shape index (κ1) is 24.5. The van der Waals surface area contributed by atoms with Crippen LogP contribution in [0.4, 0.5) is 20.6 Å². The first-order valence-electron chi connectivity index (χ1n) is 11.5. The standard InChI is InChI=1S/C26H27ClFN5O2/c27-20-3-7-22(8-4-20)31-26(35)32-24(19-1-5-21(28)6-2-19)25(34)30-17-18-11-15-33(16-12-18)23-9-13-29-14-10-23/h1-10,13-14,18,24H,11-12,15-17H2,(H,30,34)(H2,31,32,35). The Balaban J connectivity index is 1.35. The fraction of sp³-hybridized carbons (Fsp3) is 0.269. The van der Waals surface area contributed by atoms with Gasteiger partial charge in [-0.1, -0.05) is 23.7 Å². The van der Waals surface area contributed by atoms with E-state index >= 15 is 0 Å². The summed E-state index contributed by atoms with van der Waals surface area (Å²) in [6, 6.07) is 14.6. The van der Waals surface area contributed by atoms with E-state index in [0.717, 1.165) is 31.6 Å². The van der Waals surface area contributed by atoms with Crippen LogP contribution in [0.25, 0.3) is 0 Å². The molecule has 0 spiro atoms. The van der Waals surface area contributed by atoms with Crippen LogP contribution in [0.15, 0.2) is 73.1 Å². The van der Waals surface area contributed by atoms with Crippen molar-refractivity contribution in [1.82, 2.24) is 15.6 Å². The van der Waals surface area contributed by atoms with Crippen molar-refractivity contribution in [2.24, 2.45) is 5.92 Å². The highest BCUT2D eigenvalue weighted by Gasteiger charge is 2.25. The fourth-order valence-electron chi connectivity index (χ4n) is 4.08. The molecule has 0 aliphatic carbocycles. The van der Waals surface area contributed by atoms with Crippen LogP contribution in [0, 0.1) is 11.7 Å². The van der Waals surface area contributed by atoms with Crippen molar-refractivity contribution in [2.45, 2.75) is 18.9 Å². The average molecular weight is 496 g/mol. The van der Waals surface area contributed by atoms with Crippen molar-refractivity contribution >= 4 is 34.9 Å². The van der Waals surface area contributed by atoms with Gasteiger partial charge in [-0.05, 0) is 72.9 Å². The van der Waals surface area contributed by atoms with Gasteiger partial charge in [0.2, 0.25) is 5.91 Å². The second kappa shape index (κ2) is 11.7. The van der Waals surface area contributed by atoms with Crippen molar-refractivity contribution in [3.63, 3.8) is 0 Å². The highest BCUT2D eigenvalue weighted by molar-refractivity contribution is 6.30. The predicted octanol–water partition coefficient (Wildman–Crippen LogP) is 4.77. The highest BCUT2D eigenvalue weighted by Crippen LogP contribution is 2.23. The van der Waals surface area contributed by atoms with Crippen LogP contribution in [0.3, 0.4) is 0 Å². The normalized spacial score (nSPS) is 14.7. The third-order valence-corrected chi connectivity index (χ3v) is 6.30. The van der Waals surface area contributed by atoms with E-state index in [1.54, 1.807) is 36.7 Å². The molecule has 9 heteroatoms. The van der Waals surface area contributed by atoms with E-state index in [1.165, 1.54) is 24.3 Å². The van der Waals surface area contributed by atoms with Crippen molar-refractivity contribution in [2.75, 3.05) is 29.9 Å². The van der Waals surface area contributed by atoms with Gasteiger partial charge in [0.25, 0.3) is 0 Å². The molecule has 1 saturated heterocycles. The monoisotopic (exact) mass is 495 g/mol. The van der Waals surface area contributed by atoms with Gasteiger partial charge in [0.1, 0.15) is 11.9 Å². The molecule has 0 bridgehead atoms. The number of amides is 3. The molecule has 7 nitrogen and oxygen atoms in total. The number of hydrogen-bond acceptors (Lipinski definition) is 4. The SMILES string of the molecule is O=C(Nc1ccc(Cl)cc1)NC(C(=O)NCC1CCN(c2ccncc2)CC1)c1ccc(F)cc1. The number of pyridine rings is 1. The molecule has 3 aromatic rings. The summed E-state index contributed by atoms with van der Waals surface area (Å²) in [6.07, 6.45) is 5.45. The Morgan fingerprint density at radius 3 is 2.31 bits per heavy atom. The number of anilines is 2. The molecule has 1 aromatic heterocycles. The number of hydrogen-bond donors (Lipinski definition) is 3. The highest BCUT2D eigenvalue weighted by atomic mass is 35.5. The second-order valence-electron chi connectivity index (χ2n) is 8.47. The summed E-state index contributed by atoms with van der Waals surface area (Å²) in [4.78, 5) is 32.1. The summed E-state index contributed by atoms with van der Waals surface area (Å²) < 4.78 is 13.5. The Morgan fingerprint density at radius 2 is 1.66 bits per heavy atom. The molecule has 4 rings (SSSR count). The van der Waals surface area contributed by atoms with Gasteiger partial charge < -0.3 is 20.9 Å². The molecule has 3 amide bonds. The van der Waals surface area contributed by atoms with E-state index in [4.69, 9.17) is 11.6 Å². The third-order valence-electron chi connectivity index (χ3n) is 6.05. The molecule has 1 aliphatic rings. The summed E-state index contributed by atoms with van der Waals surface area (Å²) in [6.45, 7) is 2.29. The van der Waals surface area contributed by atoms with Gasteiger partial charge in [-0.2, -0.15) is 0 Å². The molecule has 2 aromatic carbocycles. The van der Waals surface area contributed by atoms with Gasteiger partial charge in [-0.15, -0.1) is 0 Å². The topological polar surface area (TPSA) is 86.4 Å². The van der Waals surface area contributed by atoms with Crippen LogP contribution in [-0.2, 0) is 4.79 Å². The van der Waals surface area contributed by atoms with Crippen LogP contribution in [0.1, 0.15) is 24.4 Å². The van der Waals surface area contributed by atoms with Crippen molar-refractivity contribution in [1.29, 1.82) is 0 Å². The van der Waals surface area contributed by atoms with Gasteiger partial charge in [0, 0.05) is 48.4 Å². The quantitative estimate of drug-likeness (QED) is 0.440. The largest absolute Gasteiger partial charge is 0.371 e. The van der Waals surface area contributed by atoms with Gasteiger partial charge in [0.05, 0.1) is 0 Å². The van der Waals surface area contributed by atoms with E-state index < -0.39 is 17.9 Å². The lowest BCUT2D eigenvalue weighted by Gasteiger charge is -2.33. The van der Waals surface area contributed by atoms with Crippen LogP contribution >= 0.6 is 11.6 Å². The van der Waals surface area contributed by atoms with Crippen LogP contribution < -0.4 is 20.9 Å². The van der Waals surface area contributed by atoms with Gasteiger partial charge >= 0.3 is 6.03 Å². The maximum atomic E-state index is 13.5. The number of piperidine rings is 1. The molecule has 0 saturated carbocycles. The summed E-state index contributed by atoms with van der Waals surface area (Å²) in [5, 5.41) is 8.91. The molecule has 0 radical (unpaired) electrons. The molecular formula is C26H27ClFN5O2. The van der Waals surface area contributed by atoms with Gasteiger partial charge in [-0.3, -0.25) is 9.78 Å².